The molecular formula is C23H19N3O2. The molecule has 0 aliphatic rings. The number of primary amides is 1. The summed E-state index contributed by atoms with van der Waals surface area (Å²) in [7, 11) is 1.63. The fraction of sp³-hybridized carbons (Fsp3) is 0.0435. The van der Waals surface area contributed by atoms with Gasteiger partial charge in [0.2, 0.25) is 0 Å². The van der Waals surface area contributed by atoms with Gasteiger partial charge in [0.25, 0.3) is 5.91 Å². The summed E-state index contributed by atoms with van der Waals surface area (Å²) < 4.78 is 5.35. The third-order valence-corrected chi connectivity index (χ3v) is 4.62. The second-order valence-electron chi connectivity index (χ2n) is 6.33. The van der Waals surface area contributed by atoms with Crippen LogP contribution in [0.25, 0.3) is 22.0 Å². The van der Waals surface area contributed by atoms with Gasteiger partial charge in [-0.05, 0) is 35.9 Å². The normalized spacial score (nSPS) is 10.6. The number of methoxy groups -OCH3 is 1. The van der Waals surface area contributed by atoms with Gasteiger partial charge in [0.15, 0.2) is 0 Å². The van der Waals surface area contributed by atoms with Crippen LogP contribution in [-0.4, -0.2) is 18.0 Å². The van der Waals surface area contributed by atoms with E-state index in [1.807, 2.05) is 66.7 Å². The van der Waals surface area contributed by atoms with Crippen LogP contribution < -0.4 is 15.8 Å². The summed E-state index contributed by atoms with van der Waals surface area (Å²) in [4.78, 5) is 16.5. The number of nitrogens with two attached hydrogens (primary N) is 1. The van der Waals surface area contributed by atoms with Gasteiger partial charge >= 0.3 is 0 Å². The Balaban J connectivity index is 1.90. The fourth-order valence-electron chi connectivity index (χ4n) is 3.26. The number of rotatable bonds is 5. The molecule has 4 rings (SSSR count). The summed E-state index contributed by atoms with van der Waals surface area (Å²) in [5.74, 6) is 0.243. The molecular weight excluding hydrogens is 350 g/mol. The molecule has 1 aromatic heterocycles. The molecule has 1 amide bonds. The first kappa shape index (κ1) is 17.5. The summed E-state index contributed by atoms with van der Waals surface area (Å²) in [6, 6.07) is 22.9. The molecule has 3 aromatic carbocycles. The van der Waals surface area contributed by atoms with Crippen LogP contribution in [0.4, 0.5) is 11.4 Å². The van der Waals surface area contributed by atoms with E-state index in [-0.39, 0.29) is 0 Å². The zero-order chi connectivity index (χ0) is 19.5. The molecule has 0 bridgehead atoms. The second-order valence-corrected chi connectivity index (χ2v) is 6.33. The van der Waals surface area contributed by atoms with Gasteiger partial charge < -0.3 is 15.8 Å². The van der Waals surface area contributed by atoms with Crippen LogP contribution in [0.3, 0.4) is 0 Å². The third kappa shape index (κ3) is 3.25. The van der Waals surface area contributed by atoms with E-state index in [1.165, 1.54) is 0 Å². The number of amides is 1. The van der Waals surface area contributed by atoms with Crippen LogP contribution >= 0.6 is 0 Å². The Kier molecular flexibility index (Phi) is 4.64. The molecule has 0 saturated carbocycles. The number of fused-ring (bicyclic) bond motifs is 1. The maximum absolute atomic E-state index is 12.1. The lowest BCUT2D eigenvalue weighted by Gasteiger charge is -2.17. The predicted octanol–water partition coefficient (Wildman–Crippen LogP) is 4.75. The number of aromatic nitrogens is 1. The molecule has 3 N–H and O–H groups in total. The molecule has 0 saturated heterocycles. The number of carbonyl (C=O) groups is 1. The van der Waals surface area contributed by atoms with Gasteiger partial charge in [-0.25, -0.2) is 0 Å². The lowest BCUT2D eigenvalue weighted by Crippen LogP contribution is -2.14. The number of hydrogen-bond acceptors (Lipinski definition) is 4. The zero-order valence-corrected chi connectivity index (χ0v) is 15.3. The van der Waals surface area contributed by atoms with Crippen LogP contribution in [0.5, 0.6) is 5.75 Å². The molecule has 5 heteroatoms. The summed E-state index contributed by atoms with van der Waals surface area (Å²) in [6.07, 6.45) is 1.74. The molecule has 0 aliphatic carbocycles. The van der Waals surface area contributed by atoms with Gasteiger partial charge in [-0.15, -0.1) is 0 Å². The highest BCUT2D eigenvalue weighted by molar-refractivity contribution is 6.05. The highest BCUT2D eigenvalue weighted by Crippen LogP contribution is 2.36. The van der Waals surface area contributed by atoms with Gasteiger partial charge in [-0.2, -0.15) is 0 Å². The third-order valence-electron chi connectivity index (χ3n) is 4.62. The van der Waals surface area contributed by atoms with E-state index in [4.69, 9.17) is 10.5 Å². The first-order valence-corrected chi connectivity index (χ1v) is 8.85. The average molecular weight is 369 g/mol. The number of benzene rings is 3. The summed E-state index contributed by atoms with van der Waals surface area (Å²) in [5, 5.41) is 4.38. The smallest absolute Gasteiger partial charge is 0.250 e. The average Bonchev–Trinajstić information content (AvgIpc) is 2.74. The van der Waals surface area contributed by atoms with Crippen LogP contribution in [0.1, 0.15) is 10.4 Å². The summed E-state index contributed by atoms with van der Waals surface area (Å²) >= 11 is 0. The zero-order valence-electron chi connectivity index (χ0n) is 15.3. The topological polar surface area (TPSA) is 77.2 Å². The Bertz CT molecular complexity index is 1170. The number of pyridine rings is 1. The molecule has 0 aliphatic heterocycles. The van der Waals surface area contributed by atoms with E-state index in [1.54, 1.807) is 19.4 Å². The molecule has 1 heterocycles. The predicted molar refractivity (Wildman–Crippen MR) is 112 cm³/mol. The van der Waals surface area contributed by atoms with E-state index in [0.29, 0.717) is 11.3 Å². The second kappa shape index (κ2) is 7.40. The van der Waals surface area contributed by atoms with Crippen molar-refractivity contribution >= 4 is 28.2 Å². The molecule has 4 aromatic rings. The van der Waals surface area contributed by atoms with Crippen molar-refractivity contribution in [1.82, 2.24) is 4.98 Å². The minimum Gasteiger partial charge on any atom is -0.497 e. The van der Waals surface area contributed by atoms with Crippen molar-refractivity contribution in [1.29, 1.82) is 0 Å². The van der Waals surface area contributed by atoms with Crippen LogP contribution in [0.15, 0.2) is 79.0 Å². The molecule has 28 heavy (non-hydrogen) atoms. The van der Waals surface area contributed by atoms with Crippen molar-refractivity contribution in [2.75, 3.05) is 12.4 Å². The maximum Gasteiger partial charge on any atom is 0.250 e. The van der Waals surface area contributed by atoms with Crippen LogP contribution in [0.2, 0.25) is 0 Å². The number of anilines is 2. The monoisotopic (exact) mass is 369 g/mol. The van der Waals surface area contributed by atoms with Crippen molar-refractivity contribution < 1.29 is 9.53 Å². The summed E-state index contributed by atoms with van der Waals surface area (Å²) in [6.45, 7) is 0. The highest BCUT2D eigenvalue weighted by atomic mass is 16.5. The molecule has 0 unspecified atom stereocenters. The lowest BCUT2D eigenvalue weighted by molar-refractivity contribution is 0.100. The SMILES string of the molecule is COc1cccc(-c2cccc(C(N)=O)c2Nc2ccnc3ccccc23)c1. The Hall–Kier alpha value is -3.86. The Labute approximate surface area is 162 Å². The minimum atomic E-state index is -0.495. The van der Waals surface area contributed by atoms with Crippen molar-refractivity contribution in [3.05, 3.63) is 84.6 Å². The van der Waals surface area contributed by atoms with Gasteiger partial charge in [0.1, 0.15) is 5.75 Å². The first-order chi connectivity index (χ1) is 13.7. The number of hydrogen-bond donors (Lipinski definition) is 2. The maximum atomic E-state index is 12.1. The largest absolute Gasteiger partial charge is 0.497 e. The number of ether oxygens (including phenoxy) is 1. The number of para-hydroxylation sites is 2. The van der Waals surface area contributed by atoms with Crippen molar-refractivity contribution in [2.45, 2.75) is 0 Å². The number of nitrogens with zero attached hydrogens (tertiary/aromatic N) is 1. The van der Waals surface area contributed by atoms with Crippen molar-refractivity contribution in [3.8, 4) is 16.9 Å². The number of nitrogens with one attached hydrogen (secondary N) is 1. The van der Waals surface area contributed by atoms with Crippen molar-refractivity contribution in [2.24, 2.45) is 5.73 Å². The van der Waals surface area contributed by atoms with Gasteiger partial charge in [0, 0.05) is 22.8 Å². The van der Waals surface area contributed by atoms with Crippen LogP contribution in [0, 0.1) is 0 Å². The molecule has 138 valence electrons. The van der Waals surface area contributed by atoms with Crippen LogP contribution in [-0.2, 0) is 0 Å². The van der Waals surface area contributed by atoms with E-state index in [9.17, 15) is 4.79 Å². The van der Waals surface area contributed by atoms with E-state index in [2.05, 4.69) is 10.3 Å². The highest BCUT2D eigenvalue weighted by Gasteiger charge is 2.15. The molecule has 0 spiro atoms. The van der Waals surface area contributed by atoms with E-state index >= 15 is 0 Å². The molecule has 5 nitrogen and oxygen atoms in total. The molecule has 0 atom stereocenters. The van der Waals surface area contributed by atoms with E-state index in [0.717, 1.165) is 33.5 Å². The van der Waals surface area contributed by atoms with Gasteiger partial charge in [-0.3, -0.25) is 9.78 Å². The molecule has 0 radical (unpaired) electrons. The minimum absolute atomic E-state index is 0.418. The lowest BCUT2D eigenvalue weighted by atomic mass is 9.98. The number of carbonyl (C=O) groups excluding carboxylic acids is 1. The Morgan fingerprint density at radius 2 is 1.82 bits per heavy atom. The fourth-order valence-corrected chi connectivity index (χ4v) is 3.26. The Morgan fingerprint density at radius 3 is 2.64 bits per heavy atom. The quantitative estimate of drug-likeness (QED) is 0.532. The first-order valence-electron chi connectivity index (χ1n) is 8.85. The molecule has 0 fully saturated rings. The summed E-state index contributed by atoms with van der Waals surface area (Å²) in [5.41, 5.74) is 10.2. The van der Waals surface area contributed by atoms with Crippen molar-refractivity contribution in [3.63, 3.8) is 0 Å². The van der Waals surface area contributed by atoms with E-state index < -0.39 is 5.91 Å². The van der Waals surface area contributed by atoms with Gasteiger partial charge in [0.05, 0.1) is 23.9 Å². The standard InChI is InChI=1S/C23H19N3O2/c1-28-16-7-4-6-15(14-16)17-9-5-10-19(23(24)27)22(17)26-21-12-13-25-20-11-3-2-8-18(20)21/h2-14H,1H3,(H2,24,27)(H,25,26). The van der Waals surface area contributed by atoms with Gasteiger partial charge in [-0.1, -0.05) is 42.5 Å². The Morgan fingerprint density at radius 1 is 1.00 bits per heavy atom.